The molecule has 3 rings (SSSR count). The quantitative estimate of drug-likeness (QED) is 0.774. The van der Waals surface area contributed by atoms with Crippen LogP contribution in [-0.4, -0.2) is 37.2 Å². The van der Waals surface area contributed by atoms with Crippen LogP contribution < -0.4 is 10.6 Å². The number of rotatable bonds is 6. The highest BCUT2D eigenvalue weighted by atomic mass is 16.5. The third kappa shape index (κ3) is 5.04. The predicted octanol–water partition coefficient (Wildman–Crippen LogP) is 2.93. The van der Waals surface area contributed by atoms with Crippen molar-refractivity contribution in [2.45, 2.75) is 37.8 Å². The molecule has 1 aliphatic rings. The van der Waals surface area contributed by atoms with Crippen LogP contribution in [-0.2, 0) is 16.0 Å². The first kappa shape index (κ1) is 21.5. The van der Waals surface area contributed by atoms with E-state index in [0.717, 1.165) is 29.7 Å². The third-order valence-corrected chi connectivity index (χ3v) is 5.47. The minimum Gasteiger partial charge on any atom is -0.364 e. The fourth-order valence-corrected chi connectivity index (χ4v) is 3.56. The minimum absolute atomic E-state index is 0.236. The Balaban J connectivity index is 1.65. The number of amides is 1. The van der Waals surface area contributed by atoms with Crippen LogP contribution >= 0.6 is 0 Å². The first-order valence-corrected chi connectivity index (χ1v) is 10.2. The second-order valence-electron chi connectivity index (χ2n) is 7.47. The molecule has 154 valence electrons. The van der Waals surface area contributed by atoms with Gasteiger partial charge >= 0.3 is 0 Å². The Morgan fingerprint density at radius 2 is 1.83 bits per heavy atom. The van der Waals surface area contributed by atoms with E-state index in [1.165, 1.54) is 0 Å². The number of hydrogen-bond donors (Lipinski definition) is 2. The number of nitriles is 2. The summed E-state index contributed by atoms with van der Waals surface area (Å²) in [7, 11) is 0. The van der Waals surface area contributed by atoms with Gasteiger partial charge in [-0.15, -0.1) is 0 Å². The SMILES string of the molecule is CC[C@@]1(C(=O)N[C@H](C#N)Cc2ccc(-c3ccc(C#N)cc3)cc2)CNCCCO1. The summed E-state index contributed by atoms with van der Waals surface area (Å²) in [6.45, 7) is 3.73. The molecule has 1 heterocycles. The fourth-order valence-electron chi connectivity index (χ4n) is 3.56. The average Bonchev–Trinajstić information content (AvgIpc) is 3.06. The van der Waals surface area contributed by atoms with E-state index in [4.69, 9.17) is 10.00 Å². The van der Waals surface area contributed by atoms with Crippen LogP contribution in [0.15, 0.2) is 48.5 Å². The van der Waals surface area contributed by atoms with Gasteiger partial charge in [-0.3, -0.25) is 4.79 Å². The monoisotopic (exact) mass is 402 g/mol. The van der Waals surface area contributed by atoms with E-state index in [1.807, 2.05) is 43.3 Å². The molecule has 2 N–H and O–H groups in total. The van der Waals surface area contributed by atoms with Gasteiger partial charge in [0.2, 0.25) is 0 Å². The van der Waals surface area contributed by atoms with Crippen molar-refractivity contribution in [1.82, 2.24) is 10.6 Å². The molecule has 0 bridgehead atoms. The molecule has 0 aliphatic carbocycles. The van der Waals surface area contributed by atoms with Crippen molar-refractivity contribution in [1.29, 1.82) is 10.5 Å². The zero-order valence-corrected chi connectivity index (χ0v) is 17.1. The van der Waals surface area contributed by atoms with Gasteiger partial charge in [-0.1, -0.05) is 43.3 Å². The summed E-state index contributed by atoms with van der Waals surface area (Å²) >= 11 is 0. The maximum absolute atomic E-state index is 12.9. The van der Waals surface area contributed by atoms with Gasteiger partial charge in [0.05, 0.1) is 17.7 Å². The van der Waals surface area contributed by atoms with Crippen molar-refractivity contribution in [2.75, 3.05) is 19.7 Å². The topological polar surface area (TPSA) is 97.9 Å². The maximum Gasteiger partial charge on any atom is 0.254 e. The molecule has 0 radical (unpaired) electrons. The summed E-state index contributed by atoms with van der Waals surface area (Å²) in [6, 6.07) is 19.0. The van der Waals surface area contributed by atoms with Gasteiger partial charge in [0.15, 0.2) is 5.60 Å². The molecular weight excluding hydrogens is 376 g/mol. The highest BCUT2D eigenvalue weighted by molar-refractivity contribution is 5.86. The summed E-state index contributed by atoms with van der Waals surface area (Å²) in [5, 5.41) is 24.6. The normalized spacial score (nSPS) is 19.7. The smallest absolute Gasteiger partial charge is 0.254 e. The zero-order chi connectivity index (χ0) is 21.4. The first-order chi connectivity index (χ1) is 14.6. The van der Waals surface area contributed by atoms with Crippen LogP contribution in [0.25, 0.3) is 11.1 Å². The van der Waals surface area contributed by atoms with Crippen LogP contribution in [0.3, 0.4) is 0 Å². The Labute approximate surface area is 177 Å². The van der Waals surface area contributed by atoms with Crippen molar-refractivity contribution in [3.8, 4) is 23.3 Å². The van der Waals surface area contributed by atoms with E-state index < -0.39 is 11.6 Å². The molecule has 2 aromatic carbocycles. The van der Waals surface area contributed by atoms with Gasteiger partial charge in [-0.25, -0.2) is 0 Å². The van der Waals surface area contributed by atoms with Gasteiger partial charge < -0.3 is 15.4 Å². The summed E-state index contributed by atoms with van der Waals surface area (Å²) in [4.78, 5) is 12.9. The van der Waals surface area contributed by atoms with Crippen molar-refractivity contribution in [2.24, 2.45) is 0 Å². The van der Waals surface area contributed by atoms with Gasteiger partial charge in [0.25, 0.3) is 5.91 Å². The number of ether oxygens (including phenoxy) is 1. The number of hydrogen-bond acceptors (Lipinski definition) is 5. The molecular formula is C24H26N4O2. The average molecular weight is 402 g/mol. The zero-order valence-electron chi connectivity index (χ0n) is 17.1. The molecule has 0 unspecified atom stereocenters. The molecule has 1 fully saturated rings. The molecule has 6 heteroatoms. The lowest BCUT2D eigenvalue weighted by molar-refractivity contribution is -0.146. The highest BCUT2D eigenvalue weighted by Crippen LogP contribution is 2.22. The standard InChI is InChI=1S/C24H26N4O2/c1-2-24(17-27-12-3-13-30-24)23(29)28-22(16-26)14-18-4-8-20(9-5-18)21-10-6-19(15-25)7-11-21/h4-11,22,27H,2-3,12-14,17H2,1H3,(H,28,29)/t22-,24-/m0/s1. The fraction of sp³-hybridized carbons (Fsp3) is 0.375. The minimum atomic E-state index is -0.926. The van der Waals surface area contributed by atoms with E-state index in [-0.39, 0.29) is 5.91 Å². The van der Waals surface area contributed by atoms with Crippen LogP contribution in [0.2, 0.25) is 0 Å². The van der Waals surface area contributed by atoms with E-state index in [0.29, 0.717) is 31.6 Å². The van der Waals surface area contributed by atoms with Crippen LogP contribution in [0.5, 0.6) is 0 Å². The number of nitrogens with one attached hydrogen (secondary N) is 2. The molecule has 1 aliphatic heterocycles. The van der Waals surface area contributed by atoms with Gasteiger partial charge in [0.1, 0.15) is 6.04 Å². The molecule has 0 saturated carbocycles. The Hall–Kier alpha value is -3.19. The predicted molar refractivity (Wildman–Crippen MR) is 114 cm³/mol. The maximum atomic E-state index is 12.9. The molecule has 1 saturated heterocycles. The number of carbonyl (C=O) groups excluding carboxylic acids is 1. The molecule has 30 heavy (non-hydrogen) atoms. The summed E-state index contributed by atoms with van der Waals surface area (Å²) < 4.78 is 5.87. The lowest BCUT2D eigenvalue weighted by Crippen LogP contribution is -2.55. The molecule has 6 nitrogen and oxygen atoms in total. The molecule has 2 aromatic rings. The van der Waals surface area contributed by atoms with Crippen molar-refractivity contribution in [3.05, 3.63) is 59.7 Å². The number of nitrogens with zero attached hydrogens (tertiary/aromatic N) is 2. The lowest BCUT2D eigenvalue weighted by atomic mass is 9.97. The van der Waals surface area contributed by atoms with Crippen LogP contribution in [0, 0.1) is 22.7 Å². The molecule has 0 aromatic heterocycles. The Morgan fingerprint density at radius 3 is 2.43 bits per heavy atom. The van der Waals surface area contributed by atoms with Gasteiger partial charge in [0, 0.05) is 19.6 Å². The first-order valence-electron chi connectivity index (χ1n) is 10.2. The Morgan fingerprint density at radius 1 is 1.17 bits per heavy atom. The molecule has 0 spiro atoms. The number of carbonyl (C=O) groups is 1. The lowest BCUT2D eigenvalue weighted by Gasteiger charge is -2.30. The Kier molecular flexibility index (Phi) is 7.19. The third-order valence-electron chi connectivity index (χ3n) is 5.47. The van der Waals surface area contributed by atoms with E-state index in [1.54, 1.807) is 12.1 Å². The highest BCUT2D eigenvalue weighted by Gasteiger charge is 2.39. The van der Waals surface area contributed by atoms with E-state index in [2.05, 4.69) is 22.8 Å². The largest absolute Gasteiger partial charge is 0.364 e. The summed E-state index contributed by atoms with van der Waals surface area (Å²) in [5.41, 5.74) is 2.72. The molecule has 2 atom stereocenters. The second-order valence-corrected chi connectivity index (χ2v) is 7.47. The summed E-state index contributed by atoms with van der Waals surface area (Å²) in [6.07, 6.45) is 1.83. The van der Waals surface area contributed by atoms with E-state index in [9.17, 15) is 10.1 Å². The van der Waals surface area contributed by atoms with E-state index >= 15 is 0 Å². The Bertz CT molecular complexity index is 931. The van der Waals surface area contributed by atoms with Crippen molar-refractivity contribution < 1.29 is 9.53 Å². The van der Waals surface area contributed by atoms with Crippen molar-refractivity contribution >= 4 is 5.91 Å². The van der Waals surface area contributed by atoms with Gasteiger partial charge in [-0.05, 0) is 48.2 Å². The summed E-state index contributed by atoms with van der Waals surface area (Å²) in [5.74, 6) is -0.236. The van der Waals surface area contributed by atoms with Crippen LogP contribution in [0.4, 0.5) is 0 Å². The second kappa shape index (κ2) is 10.0. The number of benzene rings is 2. The van der Waals surface area contributed by atoms with Crippen LogP contribution in [0.1, 0.15) is 30.9 Å². The molecule has 1 amide bonds. The van der Waals surface area contributed by atoms with Gasteiger partial charge in [-0.2, -0.15) is 10.5 Å². The van der Waals surface area contributed by atoms with Crippen molar-refractivity contribution in [3.63, 3.8) is 0 Å².